The lowest BCUT2D eigenvalue weighted by Gasteiger charge is -2.07. The summed E-state index contributed by atoms with van der Waals surface area (Å²) in [5.41, 5.74) is 1.63. The first-order chi connectivity index (χ1) is 10.2. The van der Waals surface area contributed by atoms with Crippen LogP contribution < -0.4 is 4.74 Å². The van der Waals surface area contributed by atoms with Gasteiger partial charge < -0.3 is 14.4 Å². The lowest BCUT2D eigenvalue weighted by Crippen LogP contribution is -1.95. The maximum Gasteiger partial charge on any atom is 0.161 e. The molecule has 0 fully saturated rings. The van der Waals surface area contributed by atoms with Crippen LogP contribution in [0, 0.1) is 5.82 Å². The van der Waals surface area contributed by atoms with Gasteiger partial charge in [0.2, 0.25) is 0 Å². The number of halogens is 1. The van der Waals surface area contributed by atoms with Crippen molar-refractivity contribution < 1.29 is 14.2 Å². The fourth-order valence-electron chi connectivity index (χ4n) is 2.50. The Balaban J connectivity index is 1.96. The SMILES string of the molecule is CCn1cc(COc2ccccc2O)c2c(F)cccc21. The van der Waals surface area contributed by atoms with Crippen LogP contribution in [0.5, 0.6) is 11.5 Å². The van der Waals surface area contributed by atoms with Crippen LogP contribution >= 0.6 is 0 Å². The number of nitrogens with zero attached hydrogens (tertiary/aromatic N) is 1. The van der Waals surface area contributed by atoms with Gasteiger partial charge in [0.25, 0.3) is 0 Å². The lowest BCUT2D eigenvalue weighted by atomic mass is 10.2. The lowest BCUT2D eigenvalue weighted by molar-refractivity contribution is 0.290. The molecule has 0 atom stereocenters. The van der Waals surface area contributed by atoms with Gasteiger partial charge in [-0.1, -0.05) is 18.2 Å². The zero-order valence-electron chi connectivity index (χ0n) is 11.7. The van der Waals surface area contributed by atoms with Gasteiger partial charge in [-0.15, -0.1) is 0 Å². The summed E-state index contributed by atoms with van der Waals surface area (Å²) in [4.78, 5) is 0. The largest absolute Gasteiger partial charge is 0.504 e. The number of benzene rings is 2. The quantitative estimate of drug-likeness (QED) is 0.783. The van der Waals surface area contributed by atoms with E-state index in [0.717, 1.165) is 17.6 Å². The number of fused-ring (bicyclic) bond motifs is 1. The summed E-state index contributed by atoms with van der Waals surface area (Å²) < 4.78 is 21.7. The Kier molecular flexibility index (Phi) is 3.52. The van der Waals surface area contributed by atoms with Crippen molar-refractivity contribution in [3.8, 4) is 11.5 Å². The smallest absolute Gasteiger partial charge is 0.161 e. The number of para-hydroxylation sites is 2. The molecule has 1 aromatic heterocycles. The molecule has 3 aromatic rings. The number of hydrogen-bond acceptors (Lipinski definition) is 2. The molecule has 0 aliphatic carbocycles. The number of hydrogen-bond donors (Lipinski definition) is 1. The Morgan fingerprint density at radius 1 is 1.14 bits per heavy atom. The molecule has 0 aliphatic heterocycles. The first-order valence-electron chi connectivity index (χ1n) is 6.87. The summed E-state index contributed by atoms with van der Waals surface area (Å²) in [7, 11) is 0. The number of aromatic hydroxyl groups is 1. The molecule has 1 N–H and O–H groups in total. The predicted molar refractivity (Wildman–Crippen MR) is 80.0 cm³/mol. The van der Waals surface area contributed by atoms with E-state index in [1.165, 1.54) is 6.07 Å². The van der Waals surface area contributed by atoms with E-state index in [1.807, 2.05) is 23.8 Å². The molecule has 0 amide bonds. The highest BCUT2D eigenvalue weighted by Crippen LogP contribution is 2.28. The van der Waals surface area contributed by atoms with Gasteiger partial charge in [0.15, 0.2) is 11.5 Å². The van der Waals surface area contributed by atoms with Crippen LogP contribution in [0.15, 0.2) is 48.7 Å². The van der Waals surface area contributed by atoms with Crippen molar-refractivity contribution in [1.29, 1.82) is 0 Å². The van der Waals surface area contributed by atoms with Crippen molar-refractivity contribution in [3.05, 3.63) is 60.0 Å². The number of rotatable bonds is 4. The summed E-state index contributed by atoms with van der Waals surface area (Å²) in [6.45, 7) is 2.98. The number of aromatic nitrogens is 1. The molecule has 0 bridgehead atoms. The van der Waals surface area contributed by atoms with Crippen LogP contribution in [-0.4, -0.2) is 9.67 Å². The third-order valence-electron chi connectivity index (χ3n) is 3.52. The molecule has 4 heteroatoms. The van der Waals surface area contributed by atoms with E-state index in [9.17, 15) is 9.50 Å². The van der Waals surface area contributed by atoms with Gasteiger partial charge in [0, 0.05) is 23.7 Å². The molecule has 0 saturated carbocycles. The molecule has 3 nitrogen and oxygen atoms in total. The average Bonchev–Trinajstić information content (AvgIpc) is 2.86. The molecule has 3 rings (SSSR count). The summed E-state index contributed by atoms with van der Waals surface area (Å²) in [5.74, 6) is 0.221. The molecular weight excluding hydrogens is 269 g/mol. The second-order valence-corrected chi connectivity index (χ2v) is 4.83. The van der Waals surface area contributed by atoms with Gasteiger partial charge >= 0.3 is 0 Å². The molecule has 21 heavy (non-hydrogen) atoms. The Bertz CT molecular complexity index is 780. The zero-order valence-corrected chi connectivity index (χ0v) is 11.7. The molecular formula is C17H16FNO2. The fraction of sp³-hybridized carbons (Fsp3) is 0.176. The van der Waals surface area contributed by atoms with Crippen molar-refractivity contribution in [2.24, 2.45) is 0 Å². The minimum Gasteiger partial charge on any atom is -0.504 e. The van der Waals surface area contributed by atoms with Crippen LogP contribution in [0.4, 0.5) is 4.39 Å². The second-order valence-electron chi connectivity index (χ2n) is 4.83. The van der Waals surface area contributed by atoms with Crippen LogP contribution in [0.2, 0.25) is 0 Å². The van der Waals surface area contributed by atoms with Crippen LogP contribution in [0.3, 0.4) is 0 Å². The normalized spacial score (nSPS) is 11.0. The highest BCUT2D eigenvalue weighted by molar-refractivity contribution is 5.84. The van der Waals surface area contributed by atoms with Gasteiger partial charge in [-0.05, 0) is 31.2 Å². The van der Waals surface area contributed by atoms with Gasteiger partial charge in [-0.2, -0.15) is 0 Å². The first-order valence-corrected chi connectivity index (χ1v) is 6.87. The van der Waals surface area contributed by atoms with E-state index >= 15 is 0 Å². The molecule has 0 unspecified atom stereocenters. The Labute approximate surface area is 122 Å². The van der Waals surface area contributed by atoms with Crippen molar-refractivity contribution in [3.63, 3.8) is 0 Å². The maximum atomic E-state index is 14.1. The van der Waals surface area contributed by atoms with Gasteiger partial charge in [-0.25, -0.2) is 4.39 Å². The summed E-state index contributed by atoms with van der Waals surface area (Å²) in [5, 5.41) is 10.3. The third kappa shape index (κ3) is 2.44. The Morgan fingerprint density at radius 3 is 2.71 bits per heavy atom. The van der Waals surface area contributed by atoms with Crippen LogP contribution in [0.1, 0.15) is 12.5 Å². The van der Waals surface area contributed by atoms with E-state index in [4.69, 9.17) is 4.74 Å². The van der Waals surface area contributed by atoms with E-state index in [2.05, 4.69) is 0 Å². The van der Waals surface area contributed by atoms with Crippen molar-refractivity contribution >= 4 is 10.9 Å². The van der Waals surface area contributed by atoms with Crippen molar-refractivity contribution in [2.75, 3.05) is 0 Å². The second kappa shape index (κ2) is 5.48. The van der Waals surface area contributed by atoms with Gasteiger partial charge in [0.05, 0.1) is 5.52 Å². The Hall–Kier alpha value is -2.49. The van der Waals surface area contributed by atoms with Gasteiger partial charge in [-0.3, -0.25) is 0 Å². The molecule has 0 radical (unpaired) electrons. The molecule has 108 valence electrons. The van der Waals surface area contributed by atoms with Gasteiger partial charge in [0.1, 0.15) is 12.4 Å². The summed E-state index contributed by atoms with van der Waals surface area (Å²) in [6, 6.07) is 11.8. The molecule has 2 aromatic carbocycles. The first kappa shape index (κ1) is 13.5. The molecule has 0 aliphatic rings. The highest BCUT2D eigenvalue weighted by Gasteiger charge is 2.13. The topological polar surface area (TPSA) is 34.4 Å². The molecule has 0 saturated heterocycles. The number of aryl methyl sites for hydroxylation is 1. The summed E-state index contributed by atoms with van der Waals surface area (Å²) in [6.07, 6.45) is 1.90. The van der Waals surface area contributed by atoms with Crippen molar-refractivity contribution in [1.82, 2.24) is 4.57 Å². The minimum atomic E-state index is -0.254. The fourth-order valence-corrected chi connectivity index (χ4v) is 2.50. The van der Waals surface area contributed by atoms with E-state index in [-0.39, 0.29) is 18.2 Å². The number of ether oxygens (including phenoxy) is 1. The maximum absolute atomic E-state index is 14.1. The zero-order chi connectivity index (χ0) is 14.8. The number of phenols is 1. The third-order valence-corrected chi connectivity index (χ3v) is 3.52. The van der Waals surface area contributed by atoms with Crippen LogP contribution in [0.25, 0.3) is 10.9 Å². The van der Waals surface area contributed by atoms with Crippen molar-refractivity contribution in [2.45, 2.75) is 20.1 Å². The van der Waals surface area contributed by atoms with E-state index < -0.39 is 0 Å². The monoisotopic (exact) mass is 285 g/mol. The number of phenolic OH excluding ortho intramolecular Hbond substituents is 1. The Morgan fingerprint density at radius 2 is 1.95 bits per heavy atom. The van der Waals surface area contributed by atoms with E-state index in [1.54, 1.807) is 30.3 Å². The highest BCUT2D eigenvalue weighted by atomic mass is 19.1. The minimum absolute atomic E-state index is 0.0807. The predicted octanol–water partition coefficient (Wildman–Crippen LogP) is 4.08. The molecule has 0 spiro atoms. The average molecular weight is 285 g/mol. The summed E-state index contributed by atoms with van der Waals surface area (Å²) >= 11 is 0. The van der Waals surface area contributed by atoms with Crippen LogP contribution in [-0.2, 0) is 13.2 Å². The standard InChI is InChI=1S/C17H16FNO2/c1-2-19-10-12(17-13(18)6-5-7-14(17)19)11-21-16-9-4-3-8-15(16)20/h3-10,20H,2,11H2,1H3. The molecule has 1 heterocycles. The van der Waals surface area contributed by atoms with E-state index in [0.29, 0.717) is 11.1 Å².